The van der Waals surface area contributed by atoms with Gasteiger partial charge < -0.3 is 34.8 Å². The van der Waals surface area contributed by atoms with Gasteiger partial charge in [-0.3, -0.25) is 23.4 Å². The number of nitrogens with zero attached hydrogens (tertiary/aromatic N) is 1. The van der Waals surface area contributed by atoms with Gasteiger partial charge in [-0.05, 0) is 64.2 Å². The van der Waals surface area contributed by atoms with Gasteiger partial charge in [-0.1, -0.05) is 152 Å². The fraction of sp³-hybridized carbons (Fsp3) is 0.745. The largest absolute Gasteiger partial charge is 0.481 e. The van der Waals surface area contributed by atoms with Crippen LogP contribution in [0.2, 0.25) is 0 Å². The van der Waals surface area contributed by atoms with E-state index in [0.29, 0.717) is 17.4 Å². The highest BCUT2D eigenvalue weighted by Gasteiger charge is 2.29. The number of carboxylic acids is 1. The number of hydrogen-bond acceptors (Lipinski definition) is 11. The summed E-state index contributed by atoms with van der Waals surface area (Å²) in [7, 11) is 1.17. The molecule has 5 atom stereocenters. The Balaban J connectivity index is 5.18. The topological polar surface area (TPSA) is 192 Å². The van der Waals surface area contributed by atoms with Crippen molar-refractivity contribution in [2.45, 2.75) is 191 Å². The molecule has 15 heteroatoms. The predicted molar refractivity (Wildman–Crippen MR) is 271 cm³/mol. The first kappa shape index (κ1) is 63.5. The second-order valence-corrected chi connectivity index (χ2v) is 20.7. The van der Waals surface area contributed by atoms with Gasteiger partial charge in [0.1, 0.15) is 25.8 Å². The number of aliphatic hydroxyl groups is 1. The lowest BCUT2D eigenvalue weighted by molar-refractivity contribution is -0.870. The minimum absolute atomic E-state index is 0.0222. The van der Waals surface area contributed by atoms with E-state index in [1.807, 2.05) is 45.4 Å². The van der Waals surface area contributed by atoms with Crippen LogP contribution in [0.1, 0.15) is 168 Å². The number of phosphoric ester groups is 1. The molecule has 0 radical (unpaired) electrons. The number of rotatable bonds is 45. The average Bonchev–Trinajstić information content (AvgIpc) is 3.26. The van der Waals surface area contributed by atoms with Crippen LogP contribution in [-0.4, -0.2) is 114 Å². The van der Waals surface area contributed by atoms with Crippen LogP contribution in [0.5, 0.6) is 0 Å². The Morgan fingerprint density at radius 2 is 1.26 bits per heavy atom. The number of likely N-dealkylation sites (N-methyl/N-ethyl adjacent to an activating group) is 1. The van der Waals surface area contributed by atoms with Crippen LogP contribution in [0, 0.1) is 0 Å². The van der Waals surface area contributed by atoms with Gasteiger partial charge in [-0.15, -0.1) is 11.8 Å². The monoisotopic (exact) mass is 972 g/mol. The molecule has 0 fully saturated rings. The molecule has 0 saturated heterocycles. The number of esters is 2. The van der Waals surface area contributed by atoms with Crippen molar-refractivity contribution in [3.8, 4) is 0 Å². The zero-order chi connectivity index (χ0) is 49.2. The molecule has 0 bridgehead atoms. The number of nitrogens with two attached hydrogens (primary N) is 1. The Morgan fingerprint density at radius 3 is 1.88 bits per heavy atom. The molecule has 0 aromatic rings. The molecule has 66 heavy (non-hydrogen) atoms. The molecule has 382 valence electrons. The van der Waals surface area contributed by atoms with Crippen molar-refractivity contribution in [1.82, 2.24) is 0 Å². The number of aliphatic hydroxyl groups excluding tert-OH is 1. The third-order valence-corrected chi connectivity index (χ3v) is 12.9. The van der Waals surface area contributed by atoms with Crippen molar-refractivity contribution in [3.05, 3.63) is 60.8 Å². The van der Waals surface area contributed by atoms with Gasteiger partial charge in [0, 0.05) is 23.8 Å². The molecule has 13 nitrogen and oxygen atoms in total. The second-order valence-electron chi connectivity index (χ2n) is 18.1. The van der Waals surface area contributed by atoms with Crippen molar-refractivity contribution in [1.29, 1.82) is 0 Å². The maximum atomic E-state index is 13.3. The summed E-state index contributed by atoms with van der Waals surface area (Å²) in [6, 6.07) is -1.18. The van der Waals surface area contributed by atoms with E-state index in [1.165, 1.54) is 88.8 Å². The number of phosphoric acid groups is 1. The number of thioether (sulfide) groups is 1. The van der Waals surface area contributed by atoms with Gasteiger partial charge in [0.25, 0.3) is 0 Å². The second kappa shape index (κ2) is 42.5. The predicted octanol–water partition coefficient (Wildman–Crippen LogP) is 11.3. The van der Waals surface area contributed by atoms with E-state index in [9.17, 15) is 28.9 Å². The SMILES string of the molecule is CCCCC/C=C\C\C=C/C=C/C=C/[C@@H](SC[C@H](N)C(=O)O[C@H](COC(=O)CCCCCCCCC/C=C\CCCCCCCC)COP(=O)(O)OCC[N+](C)(C)C)[C@@H](O)CCCC(=O)O. The Labute approximate surface area is 404 Å². The fourth-order valence-corrected chi connectivity index (χ4v) is 8.30. The minimum atomic E-state index is -4.54. The van der Waals surface area contributed by atoms with E-state index in [2.05, 4.69) is 38.2 Å². The molecule has 0 spiro atoms. The average molecular weight is 972 g/mol. The van der Waals surface area contributed by atoms with Crippen LogP contribution >= 0.6 is 19.6 Å². The summed E-state index contributed by atoms with van der Waals surface area (Å²) < 4.78 is 34.5. The number of carbonyl (C=O) groups is 3. The summed E-state index contributed by atoms with van der Waals surface area (Å²) in [5, 5.41) is 19.5. The number of unbranched alkanes of at least 4 members (excludes halogenated alkanes) is 16. The third-order valence-electron chi connectivity index (χ3n) is 10.5. The van der Waals surface area contributed by atoms with Crippen LogP contribution in [0.15, 0.2) is 60.8 Å². The molecule has 1 unspecified atom stereocenters. The molecule has 0 aromatic heterocycles. The molecule has 0 amide bonds. The van der Waals surface area contributed by atoms with Crippen LogP contribution in [0.3, 0.4) is 0 Å². The highest BCUT2D eigenvalue weighted by atomic mass is 32.2. The first-order chi connectivity index (χ1) is 31.6. The summed E-state index contributed by atoms with van der Waals surface area (Å²) in [6.07, 6.45) is 41.6. The first-order valence-corrected chi connectivity index (χ1v) is 27.5. The maximum Gasteiger partial charge on any atom is 0.472 e. The highest BCUT2D eigenvalue weighted by molar-refractivity contribution is 8.00. The van der Waals surface area contributed by atoms with E-state index in [-0.39, 0.29) is 38.0 Å². The molecule has 5 N–H and O–H groups in total. The Morgan fingerprint density at radius 1 is 0.697 bits per heavy atom. The summed E-state index contributed by atoms with van der Waals surface area (Å²) in [5.41, 5.74) is 6.25. The third kappa shape index (κ3) is 42.8. The number of ether oxygens (including phenoxy) is 2. The molecule has 0 saturated carbocycles. The van der Waals surface area contributed by atoms with Gasteiger partial charge in [0.05, 0.1) is 33.9 Å². The number of aliphatic carboxylic acids is 1. The molecule has 0 aliphatic carbocycles. The molecule has 0 aromatic carbocycles. The van der Waals surface area contributed by atoms with Gasteiger partial charge in [-0.2, -0.15) is 0 Å². The summed E-state index contributed by atoms with van der Waals surface area (Å²) >= 11 is 1.21. The van der Waals surface area contributed by atoms with E-state index in [1.54, 1.807) is 12.2 Å². The summed E-state index contributed by atoms with van der Waals surface area (Å²) in [4.78, 5) is 47.4. The fourth-order valence-electron chi connectivity index (χ4n) is 6.43. The van der Waals surface area contributed by atoms with Crippen molar-refractivity contribution in [2.75, 3.05) is 53.3 Å². The molecule has 0 aliphatic rings. The summed E-state index contributed by atoms with van der Waals surface area (Å²) in [5.74, 6) is -2.28. The Hall–Kier alpha value is -2.55. The van der Waals surface area contributed by atoms with Crippen molar-refractivity contribution >= 4 is 37.5 Å². The van der Waals surface area contributed by atoms with Gasteiger partial charge in [0.2, 0.25) is 0 Å². The van der Waals surface area contributed by atoms with Gasteiger partial charge >= 0.3 is 25.7 Å². The zero-order valence-corrected chi connectivity index (χ0v) is 43.3. The van der Waals surface area contributed by atoms with Crippen molar-refractivity contribution < 1.29 is 57.1 Å². The van der Waals surface area contributed by atoms with E-state index >= 15 is 0 Å². The van der Waals surface area contributed by atoms with Crippen LogP contribution < -0.4 is 5.73 Å². The molecule has 0 heterocycles. The maximum absolute atomic E-state index is 13.3. The van der Waals surface area contributed by atoms with E-state index in [0.717, 1.165) is 44.9 Å². The standard InChI is InChI=1S/C51H91N2O11PS/c1-6-8-10-12-14-16-18-20-21-22-23-24-26-28-30-32-34-39-50(57)61-42-45(43-63-65(59,60)62-41-40-53(3,4)5)64-51(58)46(52)44-66-48(47(54)36-35-38-49(55)56)37-33-31-29-27-25-19-17-15-13-11-9-7-2/h15,17,20-21,25,27,29,31,33,37,45-48,54H,6-14,16,18-19,22-24,26,28,30,32,34-36,38-44,52H2,1-5H3,(H-,55,56,59,60)/p+1/b17-15-,21-20-,27-25-,31-29+,37-33+/t45-,46+,47+,48-/m1/s1. The lowest BCUT2D eigenvalue weighted by atomic mass is 10.1. The normalized spacial score (nSPS) is 15.3. The molecule has 0 rings (SSSR count). The lowest BCUT2D eigenvalue weighted by Crippen LogP contribution is -2.40. The van der Waals surface area contributed by atoms with Crippen molar-refractivity contribution in [3.63, 3.8) is 0 Å². The van der Waals surface area contributed by atoms with Gasteiger partial charge in [0.15, 0.2) is 6.10 Å². The Bertz CT molecular complexity index is 1430. The number of hydrogen-bond donors (Lipinski definition) is 4. The number of carboxylic acid groups (broad SMARTS) is 1. The van der Waals surface area contributed by atoms with Gasteiger partial charge in [-0.25, -0.2) is 4.57 Å². The van der Waals surface area contributed by atoms with Crippen LogP contribution in [0.25, 0.3) is 0 Å². The zero-order valence-electron chi connectivity index (χ0n) is 41.6. The number of quaternary nitrogens is 1. The number of allylic oxidation sites excluding steroid dienone is 9. The van der Waals surface area contributed by atoms with Crippen LogP contribution in [-0.2, 0) is 37.5 Å². The first-order valence-electron chi connectivity index (χ1n) is 25.0. The van der Waals surface area contributed by atoms with Crippen LogP contribution in [0.4, 0.5) is 0 Å². The van der Waals surface area contributed by atoms with E-state index in [4.69, 9.17) is 29.4 Å². The quantitative estimate of drug-likeness (QED) is 0.0113. The molecular formula is C51H92N2O11PS+. The molecular weight excluding hydrogens is 880 g/mol. The summed E-state index contributed by atoms with van der Waals surface area (Å²) in [6.45, 7) is 3.80. The van der Waals surface area contributed by atoms with Crippen molar-refractivity contribution in [2.24, 2.45) is 5.73 Å². The minimum Gasteiger partial charge on any atom is -0.481 e. The lowest BCUT2D eigenvalue weighted by Gasteiger charge is -2.25. The van der Waals surface area contributed by atoms with E-state index < -0.39 is 62.4 Å². The number of carbonyl (C=O) groups excluding carboxylic acids is 2. The Kier molecular flexibility index (Phi) is 40.9. The highest BCUT2D eigenvalue weighted by Crippen LogP contribution is 2.43. The smallest absolute Gasteiger partial charge is 0.472 e. The molecule has 0 aliphatic heterocycles.